The lowest BCUT2D eigenvalue weighted by molar-refractivity contribution is -0.00834. The first-order valence-electron chi connectivity index (χ1n) is 9.08. The van der Waals surface area contributed by atoms with E-state index in [0.717, 1.165) is 38.4 Å². The number of morpholine rings is 1. The maximum absolute atomic E-state index is 11.8. The van der Waals surface area contributed by atoms with Crippen molar-refractivity contribution in [2.75, 3.05) is 46.9 Å². The number of nitrogens with zero attached hydrogens (tertiary/aromatic N) is 2. The van der Waals surface area contributed by atoms with Crippen LogP contribution in [0.2, 0.25) is 0 Å². The van der Waals surface area contributed by atoms with Crippen molar-refractivity contribution in [1.29, 1.82) is 0 Å². The predicted molar refractivity (Wildman–Crippen MR) is 107 cm³/mol. The molecule has 1 fully saturated rings. The van der Waals surface area contributed by atoms with E-state index in [4.69, 9.17) is 4.74 Å². The first-order valence-corrected chi connectivity index (χ1v) is 10.6. The Labute approximate surface area is 162 Å². The topological polar surface area (TPSA) is 95.1 Å². The number of ether oxygens (including phenoxy) is 1. The molecular weight excluding hydrogens is 366 g/mol. The van der Waals surface area contributed by atoms with Gasteiger partial charge in [-0.15, -0.1) is 0 Å². The molecule has 0 radical (unpaired) electrons. The lowest BCUT2D eigenvalue weighted by Gasteiger charge is -2.41. The van der Waals surface area contributed by atoms with Gasteiger partial charge in [-0.3, -0.25) is 9.89 Å². The Bertz CT molecular complexity index is 726. The quantitative estimate of drug-likeness (QED) is 0.455. The summed E-state index contributed by atoms with van der Waals surface area (Å²) in [5.41, 5.74) is 0.963. The summed E-state index contributed by atoms with van der Waals surface area (Å²) in [5, 5.41) is 6.64. The zero-order chi connectivity index (χ0) is 19.9. The number of aliphatic imine (C=N–C) groups is 1. The van der Waals surface area contributed by atoms with Crippen LogP contribution >= 0.6 is 0 Å². The molecule has 152 valence electrons. The Morgan fingerprint density at radius 3 is 2.37 bits per heavy atom. The molecule has 8 nitrogen and oxygen atoms in total. The Balaban J connectivity index is 1.86. The van der Waals surface area contributed by atoms with Crippen molar-refractivity contribution < 1.29 is 13.2 Å². The van der Waals surface area contributed by atoms with Gasteiger partial charge in [-0.2, -0.15) is 0 Å². The van der Waals surface area contributed by atoms with E-state index in [9.17, 15) is 8.42 Å². The average molecular weight is 398 g/mol. The summed E-state index contributed by atoms with van der Waals surface area (Å²) in [6.45, 7) is 9.14. The molecule has 0 unspecified atom stereocenters. The molecule has 1 aliphatic heterocycles. The van der Waals surface area contributed by atoms with Gasteiger partial charge in [-0.25, -0.2) is 13.1 Å². The fourth-order valence-corrected chi connectivity index (χ4v) is 3.62. The molecule has 0 bridgehead atoms. The van der Waals surface area contributed by atoms with Crippen LogP contribution in [0.1, 0.15) is 19.4 Å². The van der Waals surface area contributed by atoms with Gasteiger partial charge in [0.2, 0.25) is 10.0 Å². The molecule has 0 spiro atoms. The molecule has 0 aromatic heterocycles. The molecule has 1 aromatic carbocycles. The van der Waals surface area contributed by atoms with E-state index >= 15 is 0 Å². The van der Waals surface area contributed by atoms with Crippen molar-refractivity contribution in [3.8, 4) is 0 Å². The summed E-state index contributed by atoms with van der Waals surface area (Å²) in [6, 6.07) is 6.78. The lowest BCUT2D eigenvalue weighted by Crippen LogP contribution is -2.56. The summed E-state index contributed by atoms with van der Waals surface area (Å²) in [4.78, 5) is 6.93. The number of sulfonamides is 1. The second kappa shape index (κ2) is 9.50. The maximum atomic E-state index is 11.8. The van der Waals surface area contributed by atoms with E-state index in [1.807, 2.05) is 0 Å². The fraction of sp³-hybridized carbons (Fsp3) is 0.611. The van der Waals surface area contributed by atoms with E-state index in [0.29, 0.717) is 12.5 Å². The smallest absolute Gasteiger partial charge is 0.240 e. The lowest BCUT2D eigenvalue weighted by atomic mass is 10.0. The number of benzene rings is 1. The summed E-state index contributed by atoms with van der Waals surface area (Å²) in [7, 11) is -0.269. The summed E-state index contributed by atoms with van der Waals surface area (Å²) >= 11 is 0. The van der Waals surface area contributed by atoms with E-state index in [2.05, 4.69) is 39.1 Å². The number of hydrogen-bond donors (Lipinski definition) is 3. The molecule has 3 N–H and O–H groups in total. The third-order valence-corrected chi connectivity index (χ3v) is 6.17. The molecule has 0 amide bonds. The summed E-state index contributed by atoms with van der Waals surface area (Å²) in [5.74, 6) is 0.711. The van der Waals surface area contributed by atoms with Crippen molar-refractivity contribution in [2.45, 2.75) is 30.8 Å². The van der Waals surface area contributed by atoms with Crippen LogP contribution in [-0.2, 0) is 21.3 Å². The highest BCUT2D eigenvalue weighted by Gasteiger charge is 2.28. The minimum Gasteiger partial charge on any atom is -0.379 e. The average Bonchev–Trinajstić information content (AvgIpc) is 2.69. The van der Waals surface area contributed by atoms with E-state index in [1.54, 1.807) is 31.3 Å². The van der Waals surface area contributed by atoms with Crippen molar-refractivity contribution in [3.05, 3.63) is 29.8 Å². The largest absolute Gasteiger partial charge is 0.379 e. The molecule has 1 saturated heterocycles. The second-order valence-electron chi connectivity index (χ2n) is 7.04. The van der Waals surface area contributed by atoms with Crippen molar-refractivity contribution in [1.82, 2.24) is 20.3 Å². The number of hydrogen-bond acceptors (Lipinski definition) is 5. The highest BCUT2D eigenvalue weighted by molar-refractivity contribution is 7.89. The van der Waals surface area contributed by atoms with Crippen LogP contribution in [0.4, 0.5) is 0 Å². The van der Waals surface area contributed by atoms with Crippen molar-refractivity contribution in [3.63, 3.8) is 0 Å². The zero-order valence-corrected chi connectivity index (χ0v) is 17.4. The maximum Gasteiger partial charge on any atom is 0.240 e. The van der Waals surface area contributed by atoms with E-state index in [1.165, 1.54) is 7.05 Å². The normalized spacial score (nSPS) is 17.0. The summed E-state index contributed by atoms with van der Waals surface area (Å²) in [6.07, 6.45) is 0. The number of guanidine groups is 1. The third-order valence-electron chi connectivity index (χ3n) is 4.74. The molecule has 0 saturated carbocycles. The SMILES string of the molecule is CN=C(NCc1ccc(S(=O)(=O)NC)cc1)NCC(C)(C)N1CCOCC1. The van der Waals surface area contributed by atoms with Crippen LogP contribution in [0.3, 0.4) is 0 Å². The van der Waals surface area contributed by atoms with Gasteiger partial charge >= 0.3 is 0 Å². The van der Waals surface area contributed by atoms with E-state index in [-0.39, 0.29) is 10.4 Å². The van der Waals surface area contributed by atoms with Gasteiger partial charge in [0, 0.05) is 38.8 Å². The molecule has 0 aliphatic carbocycles. The van der Waals surface area contributed by atoms with Gasteiger partial charge < -0.3 is 15.4 Å². The van der Waals surface area contributed by atoms with Gasteiger partial charge in [-0.1, -0.05) is 12.1 Å². The molecule has 0 atom stereocenters. The minimum absolute atomic E-state index is 0.00936. The van der Waals surface area contributed by atoms with Crippen LogP contribution < -0.4 is 15.4 Å². The monoisotopic (exact) mass is 397 g/mol. The Morgan fingerprint density at radius 2 is 1.81 bits per heavy atom. The van der Waals surface area contributed by atoms with Gasteiger partial charge in [-0.05, 0) is 38.6 Å². The van der Waals surface area contributed by atoms with Gasteiger partial charge in [0.25, 0.3) is 0 Å². The molecular formula is C18H31N5O3S. The standard InChI is InChI=1S/C18H31N5O3S/c1-18(2,23-9-11-26-12-10-23)14-22-17(19-3)21-13-15-5-7-16(8-6-15)27(24,25)20-4/h5-8,20H,9-14H2,1-4H3,(H2,19,21,22). The molecule has 1 heterocycles. The first-order chi connectivity index (χ1) is 12.8. The summed E-state index contributed by atoms with van der Waals surface area (Å²) < 4.78 is 31.3. The van der Waals surface area contributed by atoms with Crippen LogP contribution in [0, 0.1) is 0 Å². The Kier molecular flexibility index (Phi) is 7.60. The highest BCUT2D eigenvalue weighted by atomic mass is 32.2. The predicted octanol–water partition coefficient (Wildman–Crippen LogP) is 0.371. The molecule has 9 heteroatoms. The fourth-order valence-electron chi connectivity index (χ4n) is 2.89. The first kappa shape index (κ1) is 21.6. The second-order valence-corrected chi connectivity index (χ2v) is 8.93. The van der Waals surface area contributed by atoms with Crippen LogP contribution in [0.15, 0.2) is 34.2 Å². The van der Waals surface area contributed by atoms with Gasteiger partial charge in [0.15, 0.2) is 5.96 Å². The van der Waals surface area contributed by atoms with Crippen LogP contribution in [0.25, 0.3) is 0 Å². The Hall–Kier alpha value is -1.68. The zero-order valence-electron chi connectivity index (χ0n) is 16.6. The Morgan fingerprint density at radius 1 is 1.19 bits per heavy atom. The molecule has 1 aliphatic rings. The minimum atomic E-state index is -3.41. The van der Waals surface area contributed by atoms with Gasteiger partial charge in [0.05, 0.1) is 18.1 Å². The van der Waals surface area contributed by atoms with Crippen molar-refractivity contribution in [2.24, 2.45) is 4.99 Å². The molecule has 1 aromatic rings. The highest BCUT2D eigenvalue weighted by Crippen LogP contribution is 2.15. The third kappa shape index (κ3) is 6.17. The molecule has 2 rings (SSSR count). The molecule has 27 heavy (non-hydrogen) atoms. The van der Waals surface area contributed by atoms with Crippen LogP contribution in [-0.4, -0.2) is 71.8 Å². The van der Waals surface area contributed by atoms with E-state index < -0.39 is 10.0 Å². The number of rotatable bonds is 7. The van der Waals surface area contributed by atoms with Crippen molar-refractivity contribution >= 4 is 16.0 Å². The number of nitrogens with one attached hydrogen (secondary N) is 3. The van der Waals surface area contributed by atoms with Crippen LogP contribution in [0.5, 0.6) is 0 Å². The van der Waals surface area contributed by atoms with Gasteiger partial charge in [0.1, 0.15) is 0 Å².